The molecule has 2 fully saturated rings. The fraction of sp³-hybridized carbons (Fsp3) is 1.00. The van der Waals surface area contributed by atoms with E-state index >= 15 is 0 Å². The van der Waals surface area contributed by atoms with E-state index in [4.69, 9.17) is 0 Å². The molecule has 1 atom stereocenters. The first kappa shape index (κ1) is 8.52. The van der Waals surface area contributed by atoms with Gasteiger partial charge >= 0.3 is 0 Å². The topological polar surface area (TPSA) is 15.3 Å². The summed E-state index contributed by atoms with van der Waals surface area (Å²) < 4.78 is 0. The van der Waals surface area contributed by atoms with Crippen molar-refractivity contribution in [1.29, 1.82) is 0 Å². The van der Waals surface area contributed by atoms with E-state index in [0.29, 0.717) is 0 Å². The summed E-state index contributed by atoms with van der Waals surface area (Å²) in [5, 5.41) is 3.73. The van der Waals surface area contributed by atoms with Gasteiger partial charge in [0, 0.05) is 18.6 Å². The van der Waals surface area contributed by atoms with Crippen molar-refractivity contribution in [3.63, 3.8) is 0 Å². The maximum Gasteiger partial charge on any atom is 0.0209 e. The lowest BCUT2D eigenvalue weighted by Crippen LogP contribution is -2.46. The minimum absolute atomic E-state index is 0.785. The van der Waals surface area contributed by atoms with Gasteiger partial charge in [0.25, 0.3) is 0 Å². The highest BCUT2D eigenvalue weighted by Gasteiger charge is 2.29. The molecule has 1 aliphatic heterocycles. The Labute approximate surface area is 75.3 Å². The average Bonchev–Trinajstić information content (AvgIpc) is 2.33. The molecule has 1 heterocycles. The largest absolute Gasteiger partial charge is 0.310 e. The van der Waals surface area contributed by atoms with Gasteiger partial charge in [-0.1, -0.05) is 6.92 Å². The maximum absolute atomic E-state index is 3.73. The Morgan fingerprint density at radius 3 is 2.50 bits per heavy atom. The molecule has 0 amide bonds. The summed E-state index contributed by atoms with van der Waals surface area (Å²) in [5.41, 5.74) is 0. The minimum Gasteiger partial charge on any atom is -0.310 e. The highest BCUT2D eigenvalue weighted by Crippen LogP contribution is 2.27. The minimum atomic E-state index is 0.785. The summed E-state index contributed by atoms with van der Waals surface area (Å²) in [7, 11) is 2.21. The van der Waals surface area contributed by atoms with Gasteiger partial charge in [0.2, 0.25) is 0 Å². The van der Waals surface area contributed by atoms with E-state index in [1.54, 1.807) is 0 Å². The molecule has 0 spiro atoms. The molecule has 0 aromatic heterocycles. The lowest BCUT2D eigenvalue weighted by molar-refractivity contribution is 0.222. The molecule has 1 saturated heterocycles. The summed E-state index contributed by atoms with van der Waals surface area (Å²) in [4.78, 5) is 2.42. The van der Waals surface area contributed by atoms with Crippen molar-refractivity contribution in [3.05, 3.63) is 0 Å². The van der Waals surface area contributed by atoms with Gasteiger partial charge in [0.15, 0.2) is 0 Å². The van der Waals surface area contributed by atoms with E-state index in [2.05, 4.69) is 24.2 Å². The third kappa shape index (κ3) is 1.80. The Bertz CT molecular complexity index is 152. The zero-order valence-electron chi connectivity index (χ0n) is 8.21. The molecule has 0 radical (unpaired) electrons. The van der Waals surface area contributed by atoms with Gasteiger partial charge in [0.05, 0.1) is 0 Å². The normalized spacial score (nSPS) is 43.0. The molecule has 1 aliphatic carbocycles. The van der Waals surface area contributed by atoms with Gasteiger partial charge in [-0.15, -0.1) is 0 Å². The second kappa shape index (κ2) is 3.35. The van der Waals surface area contributed by atoms with Crippen molar-refractivity contribution in [3.8, 4) is 0 Å². The fourth-order valence-electron chi connectivity index (χ4n) is 2.44. The quantitative estimate of drug-likeness (QED) is 0.663. The first-order valence-electron chi connectivity index (χ1n) is 5.18. The van der Waals surface area contributed by atoms with Crippen LogP contribution in [0.1, 0.15) is 26.2 Å². The van der Waals surface area contributed by atoms with E-state index in [9.17, 15) is 0 Å². The Morgan fingerprint density at radius 1 is 1.25 bits per heavy atom. The molecule has 2 aliphatic rings. The molecular formula is C10H20N2. The number of hydrogen-bond acceptors (Lipinski definition) is 2. The summed E-state index contributed by atoms with van der Waals surface area (Å²) in [6.45, 7) is 4.88. The van der Waals surface area contributed by atoms with Crippen LogP contribution in [-0.2, 0) is 0 Å². The summed E-state index contributed by atoms with van der Waals surface area (Å²) in [5.74, 6) is 0.974. The monoisotopic (exact) mass is 168 g/mol. The van der Waals surface area contributed by atoms with Gasteiger partial charge in [-0.3, -0.25) is 0 Å². The van der Waals surface area contributed by atoms with Crippen LogP contribution in [0.2, 0.25) is 0 Å². The summed E-state index contributed by atoms with van der Waals surface area (Å²) in [6.07, 6.45) is 4.15. The molecule has 2 heteroatoms. The van der Waals surface area contributed by atoms with Crippen LogP contribution in [0.15, 0.2) is 0 Å². The van der Waals surface area contributed by atoms with Crippen LogP contribution < -0.4 is 5.32 Å². The molecule has 0 bridgehead atoms. The Hall–Kier alpha value is -0.0800. The van der Waals surface area contributed by atoms with E-state index in [-0.39, 0.29) is 0 Å². The maximum atomic E-state index is 3.73. The van der Waals surface area contributed by atoms with E-state index < -0.39 is 0 Å². The predicted molar refractivity (Wildman–Crippen MR) is 51.2 cm³/mol. The zero-order chi connectivity index (χ0) is 8.55. The van der Waals surface area contributed by atoms with E-state index in [1.165, 1.54) is 32.4 Å². The number of likely N-dealkylation sites (N-methyl/N-ethyl adjacent to an activating group) is 1. The second-order valence-electron chi connectivity index (χ2n) is 4.69. The van der Waals surface area contributed by atoms with Crippen LogP contribution in [0.4, 0.5) is 0 Å². The highest BCUT2D eigenvalue weighted by molar-refractivity contribution is 4.88. The SMILES string of the molecule is CN1CC[C@@H](N[C@H]2C[C@H](C)C2)C1. The van der Waals surface area contributed by atoms with Crippen molar-refractivity contribution in [1.82, 2.24) is 10.2 Å². The van der Waals surface area contributed by atoms with Crippen molar-refractivity contribution < 1.29 is 0 Å². The Kier molecular flexibility index (Phi) is 2.37. The molecule has 12 heavy (non-hydrogen) atoms. The standard InChI is InChI=1S/C10H20N2/c1-8-5-10(6-8)11-9-3-4-12(2)7-9/h8-11H,3-7H2,1-2H3/t8-,9-,10-/m1/s1. The fourth-order valence-corrected chi connectivity index (χ4v) is 2.44. The van der Waals surface area contributed by atoms with Crippen LogP contribution in [0.5, 0.6) is 0 Å². The van der Waals surface area contributed by atoms with Crippen LogP contribution in [0.25, 0.3) is 0 Å². The lowest BCUT2D eigenvalue weighted by Gasteiger charge is -2.35. The number of nitrogens with one attached hydrogen (secondary N) is 1. The first-order chi connectivity index (χ1) is 5.74. The zero-order valence-corrected chi connectivity index (χ0v) is 8.21. The van der Waals surface area contributed by atoms with Crippen LogP contribution >= 0.6 is 0 Å². The van der Waals surface area contributed by atoms with Crippen LogP contribution in [0.3, 0.4) is 0 Å². The van der Waals surface area contributed by atoms with Gasteiger partial charge in [-0.2, -0.15) is 0 Å². The molecule has 0 aromatic carbocycles. The smallest absolute Gasteiger partial charge is 0.0209 e. The average molecular weight is 168 g/mol. The summed E-state index contributed by atoms with van der Waals surface area (Å²) >= 11 is 0. The molecular weight excluding hydrogens is 148 g/mol. The first-order valence-corrected chi connectivity index (χ1v) is 5.18. The third-order valence-electron chi connectivity index (χ3n) is 3.24. The second-order valence-corrected chi connectivity index (χ2v) is 4.69. The molecule has 2 rings (SSSR count). The number of hydrogen-bond donors (Lipinski definition) is 1. The Balaban J connectivity index is 1.67. The number of nitrogens with zero attached hydrogens (tertiary/aromatic N) is 1. The predicted octanol–water partition coefficient (Wildman–Crippen LogP) is 1.08. The van der Waals surface area contributed by atoms with Gasteiger partial charge in [0.1, 0.15) is 0 Å². The van der Waals surface area contributed by atoms with Crippen molar-refractivity contribution >= 4 is 0 Å². The third-order valence-corrected chi connectivity index (χ3v) is 3.24. The van der Waals surface area contributed by atoms with Gasteiger partial charge in [-0.25, -0.2) is 0 Å². The molecule has 0 aromatic rings. The molecule has 70 valence electrons. The molecule has 0 unspecified atom stereocenters. The van der Waals surface area contributed by atoms with E-state index in [1.807, 2.05) is 0 Å². The van der Waals surface area contributed by atoms with Gasteiger partial charge < -0.3 is 10.2 Å². The molecule has 1 saturated carbocycles. The van der Waals surface area contributed by atoms with Crippen LogP contribution in [-0.4, -0.2) is 37.1 Å². The van der Waals surface area contributed by atoms with Crippen LogP contribution in [0, 0.1) is 5.92 Å². The highest BCUT2D eigenvalue weighted by atomic mass is 15.2. The number of rotatable bonds is 2. The Morgan fingerprint density at radius 2 is 2.00 bits per heavy atom. The van der Waals surface area contributed by atoms with Gasteiger partial charge in [-0.05, 0) is 38.8 Å². The molecule has 2 nitrogen and oxygen atoms in total. The van der Waals surface area contributed by atoms with Crippen molar-refractivity contribution in [2.75, 3.05) is 20.1 Å². The number of likely N-dealkylation sites (tertiary alicyclic amines) is 1. The van der Waals surface area contributed by atoms with Crippen molar-refractivity contribution in [2.45, 2.75) is 38.3 Å². The van der Waals surface area contributed by atoms with E-state index in [0.717, 1.165) is 18.0 Å². The lowest BCUT2D eigenvalue weighted by atomic mass is 9.81. The summed E-state index contributed by atoms with van der Waals surface area (Å²) in [6, 6.07) is 1.63. The van der Waals surface area contributed by atoms with Crippen molar-refractivity contribution in [2.24, 2.45) is 5.92 Å². The molecule has 1 N–H and O–H groups in total.